The van der Waals surface area contributed by atoms with Crippen molar-refractivity contribution in [1.29, 1.82) is 0 Å². The van der Waals surface area contributed by atoms with Gasteiger partial charge in [0.2, 0.25) is 0 Å². The van der Waals surface area contributed by atoms with Crippen LogP contribution in [0.25, 0.3) is 0 Å². The third-order valence-electron chi connectivity index (χ3n) is 4.13. The standard InChI is InChI=1S/C16H27N3/c1-14(2)16(17)8-9-18-10-12-19(13-11-18)15-6-4-3-5-7-15/h3-7,14,16H,8-13,17H2,1-2H3. The van der Waals surface area contributed by atoms with Gasteiger partial charge < -0.3 is 10.6 Å². The van der Waals surface area contributed by atoms with Gasteiger partial charge in [0.1, 0.15) is 0 Å². The zero-order chi connectivity index (χ0) is 13.7. The fourth-order valence-electron chi connectivity index (χ4n) is 2.53. The van der Waals surface area contributed by atoms with Crippen molar-refractivity contribution in [3.63, 3.8) is 0 Å². The van der Waals surface area contributed by atoms with Crippen molar-refractivity contribution in [2.75, 3.05) is 37.6 Å². The summed E-state index contributed by atoms with van der Waals surface area (Å²) in [7, 11) is 0. The number of nitrogens with zero attached hydrogens (tertiary/aromatic N) is 2. The molecule has 0 saturated carbocycles. The summed E-state index contributed by atoms with van der Waals surface area (Å²) in [4.78, 5) is 5.01. The van der Waals surface area contributed by atoms with Crippen LogP contribution in [0, 0.1) is 5.92 Å². The maximum absolute atomic E-state index is 6.11. The van der Waals surface area contributed by atoms with Gasteiger partial charge in [0.05, 0.1) is 0 Å². The average Bonchev–Trinajstić information content (AvgIpc) is 2.46. The fourth-order valence-corrected chi connectivity index (χ4v) is 2.53. The molecule has 1 heterocycles. The van der Waals surface area contributed by atoms with Crippen molar-refractivity contribution in [1.82, 2.24) is 4.90 Å². The molecule has 0 aliphatic carbocycles. The van der Waals surface area contributed by atoms with E-state index in [1.807, 2.05) is 0 Å². The number of hydrogen-bond acceptors (Lipinski definition) is 3. The number of para-hydroxylation sites is 1. The lowest BCUT2D eigenvalue weighted by Gasteiger charge is -2.36. The quantitative estimate of drug-likeness (QED) is 0.882. The van der Waals surface area contributed by atoms with Gasteiger partial charge in [-0.3, -0.25) is 4.90 Å². The molecule has 19 heavy (non-hydrogen) atoms. The predicted octanol–water partition coefficient (Wildman–Crippen LogP) is 2.18. The van der Waals surface area contributed by atoms with E-state index in [2.05, 4.69) is 54.0 Å². The monoisotopic (exact) mass is 261 g/mol. The molecule has 0 aromatic heterocycles. The molecule has 0 spiro atoms. The summed E-state index contributed by atoms with van der Waals surface area (Å²) < 4.78 is 0. The molecule has 2 N–H and O–H groups in total. The van der Waals surface area contributed by atoms with E-state index in [1.54, 1.807) is 0 Å². The van der Waals surface area contributed by atoms with E-state index in [0.29, 0.717) is 12.0 Å². The first kappa shape index (κ1) is 14.4. The fraction of sp³-hybridized carbons (Fsp3) is 0.625. The summed E-state index contributed by atoms with van der Waals surface area (Å²) in [6.45, 7) is 10.1. The number of piperazine rings is 1. The van der Waals surface area contributed by atoms with Gasteiger partial charge in [-0.15, -0.1) is 0 Å². The van der Waals surface area contributed by atoms with Gasteiger partial charge in [-0.25, -0.2) is 0 Å². The first-order valence-electron chi connectivity index (χ1n) is 7.45. The van der Waals surface area contributed by atoms with Gasteiger partial charge in [0.15, 0.2) is 0 Å². The summed E-state index contributed by atoms with van der Waals surface area (Å²) in [6, 6.07) is 11.0. The lowest BCUT2D eigenvalue weighted by Crippen LogP contribution is -2.47. The van der Waals surface area contributed by atoms with Crippen LogP contribution >= 0.6 is 0 Å². The Labute approximate surface area is 117 Å². The van der Waals surface area contributed by atoms with Crippen LogP contribution in [0.3, 0.4) is 0 Å². The Balaban J connectivity index is 1.74. The number of anilines is 1. The van der Waals surface area contributed by atoms with Crippen LogP contribution in [0.1, 0.15) is 20.3 Å². The molecular weight excluding hydrogens is 234 g/mol. The van der Waals surface area contributed by atoms with E-state index in [1.165, 1.54) is 5.69 Å². The molecule has 2 rings (SSSR count). The van der Waals surface area contributed by atoms with Gasteiger partial charge in [0, 0.05) is 37.9 Å². The van der Waals surface area contributed by atoms with Gasteiger partial charge >= 0.3 is 0 Å². The van der Waals surface area contributed by atoms with E-state index >= 15 is 0 Å². The normalized spacial score (nSPS) is 18.8. The summed E-state index contributed by atoms with van der Waals surface area (Å²) in [6.07, 6.45) is 1.11. The SMILES string of the molecule is CC(C)C(N)CCN1CCN(c2ccccc2)CC1. The third kappa shape index (κ3) is 4.22. The molecule has 106 valence electrons. The summed E-state index contributed by atoms with van der Waals surface area (Å²) in [5.74, 6) is 0.589. The Kier molecular flexibility index (Phi) is 5.23. The molecule has 0 bridgehead atoms. The first-order valence-corrected chi connectivity index (χ1v) is 7.45. The second-order valence-corrected chi connectivity index (χ2v) is 5.86. The van der Waals surface area contributed by atoms with Crippen molar-refractivity contribution in [2.45, 2.75) is 26.3 Å². The smallest absolute Gasteiger partial charge is 0.0367 e. The van der Waals surface area contributed by atoms with Gasteiger partial charge in [0.25, 0.3) is 0 Å². The van der Waals surface area contributed by atoms with E-state index in [4.69, 9.17) is 5.73 Å². The zero-order valence-corrected chi connectivity index (χ0v) is 12.3. The molecule has 1 aliphatic heterocycles. The maximum atomic E-state index is 6.11. The van der Waals surface area contributed by atoms with Crippen LogP contribution in [0.2, 0.25) is 0 Å². The van der Waals surface area contributed by atoms with Crippen LogP contribution in [-0.2, 0) is 0 Å². The molecule has 1 atom stereocenters. The molecule has 1 aliphatic rings. The van der Waals surface area contributed by atoms with Crippen molar-refractivity contribution in [2.24, 2.45) is 11.7 Å². The Morgan fingerprint density at radius 2 is 1.68 bits per heavy atom. The zero-order valence-electron chi connectivity index (χ0n) is 12.3. The predicted molar refractivity (Wildman–Crippen MR) is 82.5 cm³/mol. The van der Waals surface area contributed by atoms with Gasteiger partial charge in [-0.2, -0.15) is 0 Å². The van der Waals surface area contributed by atoms with E-state index in [9.17, 15) is 0 Å². The van der Waals surface area contributed by atoms with Gasteiger partial charge in [-0.05, 0) is 31.0 Å². The topological polar surface area (TPSA) is 32.5 Å². The molecule has 1 saturated heterocycles. The number of benzene rings is 1. The Morgan fingerprint density at radius 1 is 1.05 bits per heavy atom. The third-order valence-corrected chi connectivity index (χ3v) is 4.13. The van der Waals surface area contributed by atoms with Crippen LogP contribution in [0.15, 0.2) is 30.3 Å². The van der Waals surface area contributed by atoms with Crippen LogP contribution in [0.5, 0.6) is 0 Å². The summed E-state index contributed by atoms with van der Waals surface area (Å²) in [5, 5.41) is 0. The first-order chi connectivity index (χ1) is 9.16. The minimum Gasteiger partial charge on any atom is -0.369 e. The second kappa shape index (κ2) is 6.92. The second-order valence-electron chi connectivity index (χ2n) is 5.86. The highest BCUT2D eigenvalue weighted by Crippen LogP contribution is 2.16. The maximum Gasteiger partial charge on any atom is 0.0367 e. The molecular formula is C16H27N3. The number of nitrogens with two attached hydrogens (primary N) is 1. The molecule has 3 nitrogen and oxygen atoms in total. The minimum absolute atomic E-state index is 0.340. The molecule has 0 amide bonds. The average molecular weight is 261 g/mol. The number of rotatable bonds is 5. The lowest BCUT2D eigenvalue weighted by molar-refractivity contribution is 0.241. The summed E-state index contributed by atoms with van der Waals surface area (Å²) >= 11 is 0. The molecule has 1 fully saturated rings. The van der Waals surface area contributed by atoms with Crippen molar-refractivity contribution < 1.29 is 0 Å². The largest absolute Gasteiger partial charge is 0.369 e. The van der Waals surface area contributed by atoms with Crippen molar-refractivity contribution in [3.8, 4) is 0 Å². The van der Waals surface area contributed by atoms with Crippen LogP contribution < -0.4 is 10.6 Å². The Morgan fingerprint density at radius 3 is 2.26 bits per heavy atom. The lowest BCUT2D eigenvalue weighted by atomic mass is 10.0. The van der Waals surface area contributed by atoms with Crippen LogP contribution in [0.4, 0.5) is 5.69 Å². The molecule has 0 radical (unpaired) electrons. The Hall–Kier alpha value is -1.06. The highest BCUT2D eigenvalue weighted by atomic mass is 15.3. The van der Waals surface area contributed by atoms with E-state index in [-0.39, 0.29) is 0 Å². The van der Waals surface area contributed by atoms with Gasteiger partial charge in [-0.1, -0.05) is 32.0 Å². The van der Waals surface area contributed by atoms with Crippen LogP contribution in [-0.4, -0.2) is 43.7 Å². The van der Waals surface area contributed by atoms with Crippen molar-refractivity contribution in [3.05, 3.63) is 30.3 Å². The highest BCUT2D eigenvalue weighted by molar-refractivity contribution is 5.46. The highest BCUT2D eigenvalue weighted by Gasteiger charge is 2.18. The van der Waals surface area contributed by atoms with Crippen molar-refractivity contribution >= 4 is 5.69 Å². The molecule has 1 aromatic rings. The minimum atomic E-state index is 0.340. The molecule has 3 heteroatoms. The number of hydrogen-bond donors (Lipinski definition) is 1. The Bertz CT molecular complexity index is 356. The molecule has 1 aromatic carbocycles. The molecule has 1 unspecified atom stereocenters. The van der Waals surface area contributed by atoms with E-state index in [0.717, 1.165) is 39.1 Å². The van der Waals surface area contributed by atoms with E-state index < -0.39 is 0 Å². The summed E-state index contributed by atoms with van der Waals surface area (Å²) in [5.41, 5.74) is 7.46.